The van der Waals surface area contributed by atoms with Gasteiger partial charge in [0, 0.05) is 39.2 Å². The van der Waals surface area contributed by atoms with Crippen molar-refractivity contribution in [3.8, 4) is 5.75 Å². The molecule has 0 aliphatic heterocycles. The monoisotopic (exact) mass is 976 g/mol. The van der Waals surface area contributed by atoms with E-state index in [1.165, 1.54) is 31.3 Å². The summed E-state index contributed by atoms with van der Waals surface area (Å²) in [6.45, 7) is 0. The highest BCUT2D eigenvalue weighted by Crippen LogP contribution is 2.14. The lowest BCUT2D eigenvalue weighted by Gasteiger charge is -2.27. The van der Waals surface area contributed by atoms with E-state index < -0.39 is 152 Å². The van der Waals surface area contributed by atoms with Gasteiger partial charge in [-0.25, -0.2) is 0 Å². The van der Waals surface area contributed by atoms with Crippen molar-refractivity contribution >= 4 is 65.2 Å². The molecule has 0 aromatic heterocycles. The molecule has 0 heterocycles. The first-order chi connectivity index (χ1) is 33.1. The molecule has 0 unspecified atom stereocenters. The molecule has 0 saturated carbocycles. The highest BCUT2D eigenvalue weighted by molar-refractivity contribution is 5.98. The Labute approximate surface area is 400 Å². The number of hydrogen-bond donors (Lipinski definition) is 13. The number of carbonyl (C=O) groups excluding carboxylic acids is 7. The van der Waals surface area contributed by atoms with Crippen molar-refractivity contribution in [2.45, 2.75) is 100 Å². The number of carbonyl (C=O) groups is 11. The van der Waals surface area contributed by atoms with Crippen molar-refractivity contribution in [3.63, 3.8) is 0 Å². The Kier molecular flexibility index (Phi) is 22.4. The van der Waals surface area contributed by atoms with Gasteiger partial charge >= 0.3 is 23.9 Å². The van der Waals surface area contributed by atoms with Crippen molar-refractivity contribution in [3.05, 3.63) is 102 Å². The van der Waals surface area contributed by atoms with E-state index in [1.807, 2.05) is 0 Å². The third-order valence-corrected chi connectivity index (χ3v) is 10.4. The summed E-state index contributed by atoms with van der Waals surface area (Å²) < 4.78 is 0. The van der Waals surface area contributed by atoms with Gasteiger partial charge in [-0.2, -0.15) is 0 Å². The van der Waals surface area contributed by atoms with E-state index in [2.05, 4.69) is 37.2 Å². The fourth-order valence-corrected chi connectivity index (χ4v) is 6.75. The summed E-state index contributed by atoms with van der Waals surface area (Å²) in [7, 11) is 1.33. The highest BCUT2D eigenvalue weighted by Gasteiger charge is 2.35. The Morgan fingerprint density at radius 3 is 1.13 bits per heavy atom. The number of phenolic OH excluding ortho intramolecular Hbond substituents is 1. The normalized spacial score (nSPS) is 13.7. The van der Waals surface area contributed by atoms with E-state index in [9.17, 15) is 73.2 Å². The van der Waals surface area contributed by atoms with Crippen molar-refractivity contribution in [1.29, 1.82) is 0 Å². The lowest BCUT2D eigenvalue weighted by molar-refractivity contribution is -0.142. The molecule has 3 rings (SSSR count). The maximum absolute atomic E-state index is 14.1. The number of likely N-dealkylation sites (N-methyl/N-ethyl adjacent to an activating group) is 1. The van der Waals surface area contributed by atoms with Gasteiger partial charge < -0.3 is 68.5 Å². The number of amides is 7. The van der Waals surface area contributed by atoms with Crippen LogP contribution in [0.15, 0.2) is 84.9 Å². The van der Waals surface area contributed by atoms with Gasteiger partial charge in [0.2, 0.25) is 41.4 Å². The molecule has 24 heteroatoms. The van der Waals surface area contributed by atoms with Gasteiger partial charge in [-0.15, -0.1) is 0 Å². The molecular formula is C46H56N8O16. The lowest BCUT2D eigenvalue weighted by Crippen LogP contribution is -2.60. The minimum absolute atomic E-state index is 0.00292. The molecule has 70 heavy (non-hydrogen) atoms. The topological polar surface area (TPSA) is 399 Å². The average Bonchev–Trinajstić information content (AvgIpc) is 3.30. The van der Waals surface area contributed by atoms with Crippen molar-refractivity contribution in [2.24, 2.45) is 5.73 Å². The predicted octanol–water partition coefficient (Wildman–Crippen LogP) is -1.92. The Bertz CT molecular complexity index is 2330. The summed E-state index contributed by atoms with van der Waals surface area (Å²) >= 11 is 0. The summed E-state index contributed by atoms with van der Waals surface area (Å²) in [6.07, 6.45) is -5.16. The fraction of sp³-hybridized carbons (Fsp3) is 0.370. The first kappa shape index (κ1) is 55.9. The van der Waals surface area contributed by atoms with Crippen LogP contribution in [0.2, 0.25) is 0 Å². The third-order valence-electron chi connectivity index (χ3n) is 10.4. The van der Waals surface area contributed by atoms with Gasteiger partial charge in [0.15, 0.2) is 0 Å². The van der Waals surface area contributed by atoms with Crippen LogP contribution in [0.4, 0.5) is 0 Å². The molecule has 0 saturated heterocycles. The number of phenols is 1. The maximum atomic E-state index is 14.1. The van der Waals surface area contributed by atoms with Gasteiger partial charge in [-0.05, 0) is 41.7 Å². The van der Waals surface area contributed by atoms with Crippen LogP contribution >= 0.6 is 0 Å². The molecule has 0 spiro atoms. The van der Waals surface area contributed by atoms with Crippen LogP contribution in [0.1, 0.15) is 55.2 Å². The summed E-state index contributed by atoms with van der Waals surface area (Å²) in [4.78, 5) is 142. The predicted molar refractivity (Wildman–Crippen MR) is 244 cm³/mol. The molecule has 376 valence electrons. The lowest BCUT2D eigenvalue weighted by atomic mass is 10.0. The zero-order valence-corrected chi connectivity index (χ0v) is 37.8. The molecule has 7 amide bonds. The highest BCUT2D eigenvalue weighted by atomic mass is 16.4. The number of nitrogens with one attached hydrogen (secondary N) is 7. The number of carboxylic acid groups (broad SMARTS) is 4. The number of aliphatic carboxylic acids is 4. The molecular weight excluding hydrogens is 921 g/mol. The quantitative estimate of drug-likeness (QED) is 0.0361. The number of benzene rings is 3. The molecule has 0 aliphatic rings. The molecule has 0 bridgehead atoms. The van der Waals surface area contributed by atoms with Gasteiger partial charge in [0.05, 0.1) is 18.9 Å². The van der Waals surface area contributed by atoms with Gasteiger partial charge in [-0.3, -0.25) is 52.7 Å². The van der Waals surface area contributed by atoms with E-state index in [4.69, 9.17) is 10.8 Å². The van der Waals surface area contributed by atoms with Crippen LogP contribution in [0, 0.1) is 0 Å². The van der Waals surface area contributed by atoms with Crippen molar-refractivity contribution in [1.82, 2.24) is 37.2 Å². The fourth-order valence-electron chi connectivity index (χ4n) is 6.75. The molecule has 3 aromatic carbocycles. The largest absolute Gasteiger partial charge is 0.508 e. The summed E-state index contributed by atoms with van der Waals surface area (Å²) in [5.74, 6) is -13.5. The Morgan fingerprint density at radius 2 is 0.743 bits per heavy atom. The number of aromatic hydroxyl groups is 1. The second kappa shape index (κ2) is 28.0. The van der Waals surface area contributed by atoms with Crippen LogP contribution in [-0.2, 0) is 72.0 Å². The standard InChI is InChI=1S/C46H56N8O16/c1-48-41(65)32(20-25-8-4-2-5-9-25)52-42(66)30(16-18-36(56)57)50-45(69)34(22-27-12-14-28(55)15-13-27)53-46(70)35(24-39(62)63)54-43(67)31(17-19-37(58)59)49-44(68)33(21-26-10-6-3-7-11-26)51-40(64)29(47)23-38(60)61/h2-15,29-35,55H,16-24,47H2,1H3,(H,48,65)(H,49,68)(H,50,69)(H,51,64)(H,52,66)(H,53,70)(H,54,67)(H,56,57)(H,58,59)(H,60,61)(H,62,63)/t29-,30-,31-,32-,33-,34-,35-/m0/s1. The van der Waals surface area contributed by atoms with Crippen molar-refractivity contribution in [2.75, 3.05) is 7.05 Å². The number of rotatable bonds is 29. The average molecular weight is 977 g/mol. The summed E-state index contributed by atoms with van der Waals surface area (Å²) in [5.41, 5.74) is 7.13. The van der Waals surface area contributed by atoms with Crippen LogP contribution in [0.3, 0.4) is 0 Å². The van der Waals surface area contributed by atoms with E-state index >= 15 is 0 Å². The second-order valence-corrected chi connectivity index (χ2v) is 15.9. The van der Waals surface area contributed by atoms with E-state index in [1.54, 1.807) is 60.7 Å². The first-order valence-corrected chi connectivity index (χ1v) is 21.7. The molecule has 7 atom stereocenters. The third kappa shape index (κ3) is 19.8. The number of hydrogen-bond acceptors (Lipinski definition) is 13. The first-order valence-electron chi connectivity index (χ1n) is 21.7. The number of nitrogens with two attached hydrogens (primary N) is 1. The SMILES string of the molecule is CNC(=O)[C@H](Cc1ccccc1)NC(=O)[C@H](CCC(=O)O)NC(=O)[C@H](Cc1ccc(O)cc1)NC(=O)[C@H](CC(=O)O)NC(=O)[C@H](CCC(=O)O)NC(=O)[C@H](Cc1ccccc1)NC(=O)[C@@H](N)CC(=O)O. The summed E-state index contributed by atoms with van der Waals surface area (Å²) in [6, 6.07) is 10.3. The molecule has 0 fully saturated rings. The molecule has 24 nitrogen and oxygen atoms in total. The molecule has 3 aromatic rings. The zero-order valence-electron chi connectivity index (χ0n) is 37.8. The number of carboxylic acids is 4. The minimum atomic E-state index is -2.05. The zero-order chi connectivity index (χ0) is 51.9. The molecule has 14 N–H and O–H groups in total. The van der Waals surface area contributed by atoms with Gasteiger partial charge in [-0.1, -0.05) is 72.8 Å². The van der Waals surface area contributed by atoms with E-state index in [0.29, 0.717) is 16.7 Å². The van der Waals surface area contributed by atoms with Crippen LogP contribution in [0.5, 0.6) is 5.75 Å². The van der Waals surface area contributed by atoms with E-state index in [-0.39, 0.29) is 18.6 Å². The molecule has 0 aliphatic carbocycles. The van der Waals surface area contributed by atoms with Crippen LogP contribution < -0.4 is 43.0 Å². The maximum Gasteiger partial charge on any atom is 0.305 e. The van der Waals surface area contributed by atoms with E-state index in [0.717, 1.165) is 0 Å². The second-order valence-electron chi connectivity index (χ2n) is 15.9. The van der Waals surface area contributed by atoms with Crippen molar-refractivity contribution < 1.29 is 78.3 Å². The van der Waals surface area contributed by atoms with Gasteiger partial charge in [0.25, 0.3) is 0 Å². The van der Waals surface area contributed by atoms with Gasteiger partial charge in [0.1, 0.15) is 42.0 Å². The minimum Gasteiger partial charge on any atom is -0.508 e. The Balaban J connectivity index is 1.95. The van der Waals surface area contributed by atoms with Crippen LogP contribution in [-0.4, -0.2) is 140 Å². The Morgan fingerprint density at radius 1 is 0.414 bits per heavy atom. The Hall–Kier alpha value is -8.41. The molecule has 0 radical (unpaired) electrons. The summed E-state index contributed by atoms with van der Waals surface area (Å²) in [5, 5.41) is 64.3. The smallest absolute Gasteiger partial charge is 0.305 e. The van der Waals surface area contributed by atoms with Crippen LogP contribution in [0.25, 0.3) is 0 Å².